The number of hydrazone groups is 1. The van der Waals surface area contributed by atoms with Crippen molar-refractivity contribution in [2.45, 2.75) is 27.7 Å². The normalized spacial score (nSPS) is 16.9. The molecule has 0 saturated heterocycles. The summed E-state index contributed by atoms with van der Waals surface area (Å²) < 4.78 is 5.15. The van der Waals surface area contributed by atoms with E-state index in [0.717, 1.165) is 10.4 Å². The van der Waals surface area contributed by atoms with Gasteiger partial charge in [0, 0.05) is 11.1 Å². The molecule has 7 heteroatoms. The van der Waals surface area contributed by atoms with E-state index in [-0.39, 0.29) is 11.9 Å². The average molecular weight is 383 g/mol. The molecule has 1 atom stereocenters. The molecule has 1 aliphatic heterocycles. The van der Waals surface area contributed by atoms with Gasteiger partial charge < -0.3 is 4.74 Å². The van der Waals surface area contributed by atoms with Crippen molar-refractivity contribution in [3.05, 3.63) is 46.3 Å². The number of ether oxygens (including phenoxy) is 1. The first-order valence-corrected chi connectivity index (χ1v) is 9.51. The Labute approximate surface area is 162 Å². The van der Waals surface area contributed by atoms with E-state index < -0.39 is 5.92 Å². The van der Waals surface area contributed by atoms with Gasteiger partial charge in [-0.1, -0.05) is 18.2 Å². The standard InChI is InChI=1S/C20H21N3O3S/c1-5-26-20(25)17-12(2)14(4)27-18(17)21-11-16-13(3)22-23(19(16)24)15-9-7-6-8-10-15/h6-11,16H,5H2,1-4H3/b21-11+. The van der Waals surface area contributed by atoms with E-state index >= 15 is 0 Å². The third-order valence-corrected chi connectivity index (χ3v) is 5.49. The number of benzene rings is 1. The van der Waals surface area contributed by atoms with Gasteiger partial charge in [0.1, 0.15) is 10.9 Å². The highest BCUT2D eigenvalue weighted by molar-refractivity contribution is 7.16. The highest BCUT2D eigenvalue weighted by atomic mass is 32.1. The summed E-state index contributed by atoms with van der Waals surface area (Å²) in [6.07, 6.45) is 1.57. The molecule has 1 unspecified atom stereocenters. The van der Waals surface area contributed by atoms with Crippen molar-refractivity contribution in [3.63, 3.8) is 0 Å². The number of nitrogens with zero attached hydrogens (tertiary/aromatic N) is 3. The summed E-state index contributed by atoms with van der Waals surface area (Å²) >= 11 is 1.41. The molecule has 2 heterocycles. The molecule has 0 N–H and O–H groups in total. The van der Waals surface area contributed by atoms with Gasteiger partial charge >= 0.3 is 5.97 Å². The number of anilines is 1. The summed E-state index contributed by atoms with van der Waals surface area (Å²) in [6.45, 7) is 7.68. The molecule has 2 aromatic rings. The van der Waals surface area contributed by atoms with Crippen LogP contribution < -0.4 is 5.01 Å². The molecule has 0 fully saturated rings. The topological polar surface area (TPSA) is 71.3 Å². The van der Waals surface area contributed by atoms with Crippen LogP contribution in [0.2, 0.25) is 0 Å². The zero-order chi connectivity index (χ0) is 19.6. The van der Waals surface area contributed by atoms with Crippen molar-refractivity contribution >= 4 is 45.8 Å². The van der Waals surface area contributed by atoms with Crippen LogP contribution in [0.25, 0.3) is 0 Å². The summed E-state index contributed by atoms with van der Waals surface area (Å²) in [5.41, 5.74) is 2.71. The Hall–Kier alpha value is -2.80. The van der Waals surface area contributed by atoms with Crippen molar-refractivity contribution in [1.29, 1.82) is 0 Å². The predicted octanol–water partition coefficient (Wildman–Crippen LogP) is 4.28. The van der Waals surface area contributed by atoms with E-state index in [1.54, 1.807) is 20.1 Å². The largest absolute Gasteiger partial charge is 0.462 e. The maximum Gasteiger partial charge on any atom is 0.341 e. The lowest BCUT2D eigenvalue weighted by Gasteiger charge is -2.12. The molecule has 0 aliphatic carbocycles. The fourth-order valence-electron chi connectivity index (χ4n) is 2.79. The van der Waals surface area contributed by atoms with Crippen LogP contribution in [0.5, 0.6) is 0 Å². The van der Waals surface area contributed by atoms with Crippen molar-refractivity contribution in [3.8, 4) is 0 Å². The molecule has 0 bridgehead atoms. The maximum absolute atomic E-state index is 12.8. The highest BCUT2D eigenvalue weighted by Crippen LogP contribution is 2.35. The van der Waals surface area contributed by atoms with E-state index in [2.05, 4.69) is 10.1 Å². The molecule has 3 rings (SSSR count). The lowest BCUT2D eigenvalue weighted by atomic mass is 10.1. The van der Waals surface area contributed by atoms with Crippen LogP contribution in [0.3, 0.4) is 0 Å². The second-order valence-electron chi connectivity index (χ2n) is 6.17. The maximum atomic E-state index is 12.8. The minimum Gasteiger partial charge on any atom is -0.462 e. The minimum atomic E-state index is -0.553. The Balaban J connectivity index is 1.87. The van der Waals surface area contributed by atoms with Crippen LogP contribution >= 0.6 is 11.3 Å². The van der Waals surface area contributed by atoms with Crippen molar-refractivity contribution in [1.82, 2.24) is 0 Å². The number of carbonyl (C=O) groups excluding carboxylic acids is 2. The van der Waals surface area contributed by atoms with Crippen LogP contribution in [-0.4, -0.2) is 30.4 Å². The Morgan fingerprint density at radius 2 is 2.00 bits per heavy atom. The number of hydrogen-bond acceptors (Lipinski definition) is 6. The summed E-state index contributed by atoms with van der Waals surface area (Å²) in [6, 6.07) is 9.27. The van der Waals surface area contributed by atoms with E-state index in [1.807, 2.05) is 44.2 Å². The number of aryl methyl sites for hydroxylation is 1. The van der Waals surface area contributed by atoms with Crippen molar-refractivity contribution in [2.24, 2.45) is 16.0 Å². The van der Waals surface area contributed by atoms with E-state index in [1.165, 1.54) is 16.3 Å². The monoisotopic (exact) mass is 383 g/mol. The molecule has 1 aliphatic rings. The summed E-state index contributed by atoms with van der Waals surface area (Å²) in [5, 5.41) is 6.31. The van der Waals surface area contributed by atoms with Gasteiger partial charge in [-0.25, -0.2) is 9.79 Å². The third kappa shape index (κ3) is 3.68. The predicted molar refractivity (Wildman–Crippen MR) is 108 cm³/mol. The minimum absolute atomic E-state index is 0.162. The van der Waals surface area contributed by atoms with E-state index in [9.17, 15) is 9.59 Å². The number of aliphatic imine (C=N–C) groups is 1. The molecule has 6 nitrogen and oxygen atoms in total. The number of rotatable bonds is 5. The van der Waals surface area contributed by atoms with Gasteiger partial charge in [0.15, 0.2) is 0 Å². The van der Waals surface area contributed by atoms with Crippen LogP contribution in [0.1, 0.15) is 34.6 Å². The van der Waals surface area contributed by atoms with Gasteiger partial charge in [-0.05, 0) is 45.4 Å². The smallest absolute Gasteiger partial charge is 0.341 e. The molecule has 1 aromatic heterocycles. The number of para-hydroxylation sites is 1. The van der Waals surface area contributed by atoms with Crippen LogP contribution in [0.4, 0.5) is 10.7 Å². The lowest BCUT2D eigenvalue weighted by Crippen LogP contribution is -2.27. The Morgan fingerprint density at radius 1 is 1.30 bits per heavy atom. The Morgan fingerprint density at radius 3 is 2.67 bits per heavy atom. The van der Waals surface area contributed by atoms with E-state index in [0.29, 0.717) is 28.6 Å². The Bertz CT molecular complexity index is 931. The zero-order valence-electron chi connectivity index (χ0n) is 15.7. The van der Waals surface area contributed by atoms with Crippen LogP contribution in [0, 0.1) is 19.8 Å². The molecule has 1 amide bonds. The summed E-state index contributed by atoms with van der Waals surface area (Å²) in [4.78, 5) is 30.5. The Kier molecular flexibility index (Phi) is 5.51. The molecule has 0 saturated carbocycles. The molecular formula is C20H21N3O3S. The third-order valence-electron chi connectivity index (χ3n) is 4.37. The van der Waals surface area contributed by atoms with Gasteiger partial charge in [0.2, 0.25) is 0 Å². The molecule has 27 heavy (non-hydrogen) atoms. The lowest BCUT2D eigenvalue weighted by molar-refractivity contribution is -0.118. The zero-order valence-corrected chi connectivity index (χ0v) is 16.5. The van der Waals surface area contributed by atoms with Crippen LogP contribution in [0.15, 0.2) is 40.4 Å². The first-order chi connectivity index (χ1) is 12.9. The van der Waals surface area contributed by atoms with Crippen molar-refractivity contribution in [2.75, 3.05) is 11.6 Å². The second-order valence-corrected chi connectivity index (χ2v) is 7.37. The number of thiophene rings is 1. The van der Waals surface area contributed by atoms with Crippen LogP contribution in [-0.2, 0) is 9.53 Å². The summed E-state index contributed by atoms with van der Waals surface area (Å²) in [5.74, 6) is -1.10. The second kappa shape index (κ2) is 7.84. The average Bonchev–Trinajstić information content (AvgIpc) is 3.10. The number of amides is 1. The van der Waals surface area contributed by atoms with E-state index in [4.69, 9.17) is 4.74 Å². The van der Waals surface area contributed by atoms with Gasteiger partial charge in [-0.3, -0.25) is 4.79 Å². The van der Waals surface area contributed by atoms with Gasteiger partial charge in [-0.15, -0.1) is 11.3 Å². The van der Waals surface area contributed by atoms with Gasteiger partial charge in [0.05, 0.1) is 23.6 Å². The molecule has 140 valence electrons. The first kappa shape index (κ1) is 19.0. The molecule has 0 spiro atoms. The molecular weight excluding hydrogens is 362 g/mol. The van der Waals surface area contributed by atoms with Gasteiger partial charge in [0.25, 0.3) is 5.91 Å². The van der Waals surface area contributed by atoms with Gasteiger partial charge in [-0.2, -0.15) is 10.1 Å². The number of carbonyl (C=O) groups is 2. The molecule has 0 radical (unpaired) electrons. The first-order valence-electron chi connectivity index (χ1n) is 8.69. The highest BCUT2D eigenvalue weighted by Gasteiger charge is 2.33. The quantitative estimate of drug-likeness (QED) is 0.571. The molecule has 1 aromatic carbocycles. The fraction of sp³-hybridized carbons (Fsp3) is 0.300. The SMILES string of the molecule is CCOC(=O)c1c(/N=C/C2C(=O)N(c3ccccc3)N=C2C)sc(C)c1C. The number of esters is 1. The number of hydrogen-bond donors (Lipinski definition) is 0. The van der Waals surface area contributed by atoms with Crippen molar-refractivity contribution < 1.29 is 14.3 Å². The fourth-order valence-corrected chi connectivity index (χ4v) is 3.79. The summed E-state index contributed by atoms with van der Waals surface area (Å²) in [7, 11) is 0.